The van der Waals surface area contributed by atoms with Crippen molar-refractivity contribution in [2.75, 3.05) is 23.4 Å². The number of nitrogens with one attached hydrogen (secondary N) is 1. The molecule has 12 heteroatoms. The molecule has 0 spiro atoms. The molecule has 2 aromatic carbocycles. The van der Waals surface area contributed by atoms with Crippen LogP contribution in [0.25, 0.3) is 10.9 Å². The van der Waals surface area contributed by atoms with Crippen molar-refractivity contribution in [2.24, 2.45) is 10.1 Å². The van der Waals surface area contributed by atoms with E-state index < -0.39 is 33.9 Å². The van der Waals surface area contributed by atoms with Gasteiger partial charge in [0, 0.05) is 30.1 Å². The highest BCUT2D eigenvalue weighted by atomic mass is 32.2. The Kier molecular flexibility index (Phi) is 7.91. The van der Waals surface area contributed by atoms with Gasteiger partial charge < -0.3 is 15.8 Å². The minimum atomic E-state index is -2.30. The topological polar surface area (TPSA) is 143 Å². The van der Waals surface area contributed by atoms with E-state index in [9.17, 15) is 17.8 Å². The van der Waals surface area contributed by atoms with Crippen molar-refractivity contribution in [3.05, 3.63) is 48.3 Å². The summed E-state index contributed by atoms with van der Waals surface area (Å²) in [6.45, 7) is 1.36. The maximum absolute atomic E-state index is 14.9. The lowest BCUT2D eigenvalue weighted by Gasteiger charge is -2.18. The Morgan fingerprint density at radius 1 is 1.29 bits per heavy atom. The number of benzene rings is 2. The molecule has 0 aliphatic carbocycles. The van der Waals surface area contributed by atoms with Gasteiger partial charge in [0.2, 0.25) is 0 Å². The van der Waals surface area contributed by atoms with Crippen molar-refractivity contribution < 1.29 is 22.5 Å². The number of ether oxygens (including phenoxy) is 1. The number of anilines is 2. The predicted molar refractivity (Wildman–Crippen MR) is 124 cm³/mol. The Labute approximate surface area is 195 Å². The standard InChI is InChI=1S/C19H17F2N5O3S.C3H5N/c20-11-2-3-14(16(6-11)29-9-17(22)27)25-19-18-13(21)7-12(8-15(18)23-10-24-19)26-30(28)4-1-5-30;1-2-3-4/h2-3,6-8,10H,1,4-5,9H2,(H2,22,27)(H,23,24,25);2H2,1H3. The van der Waals surface area contributed by atoms with Crippen LogP contribution in [0.3, 0.4) is 0 Å². The van der Waals surface area contributed by atoms with E-state index in [-0.39, 0.29) is 33.8 Å². The van der Waals surface area contributed by atoms with E-state index in [4.69, 9.17) is 15.7 Å². The third-order valence-corrected chi connectivity index (χ3v) is 6.99. The second-order valence-corrected chi connectivity index (χ2v) is 9.75. The molecule has 9 nitrogen and oxygen atoms in total. The average molecular weight is 489 g/mol. The molecule has 0 atom stereocenters. The van der Waals surface area contributed by atoms with Crippen LogP contribution < -0.4 is 15.8 Å². The fourth-order valence-electron chi connectivity index (χ4n) is 2.95. The summed E-state index contributed by atoms with van der Waals surface area (Å²) in [5.41, 5.74) is 5.83. The van der Waals surface area contributed by atoms with Crippen LogP contribution in [0.1, 0.15) is 19.8 Å². The van der Waals surface area contributed by atoms with Gasteiger partial charge in [0.05, 0.1) is 38.1 Å². The van der Waals surface area contributed by atoms with E-state index in [1.165, 1.54) is 30.6 Å². The number of nitrogens with zero attached hydrogens (tertiary/aromatic N) is 4. The number of amides is 1. The van der Waals surface area contributed by atoms with Crippen molar-refractivity contribution in [1.82, 2.24) is 9.97 Å². The van der Waals surface area contributed by atoms with E-state index in [0.717, 1.165) is 12.5 Å². The molecule has 1 fully saturated rings. The molecule has 1 aliphatic heterocycles. The van der Waals surface area contributed by atoms with Gasteiger partial charge in [0.15, 0.2) is 6.61 Å². The van der Waals surface area contributed by atoms with Gasteiger partial charge in [0.1, 0.15) is 29.5 Å². The third-order valence-electron chi connectivity index (χ3n) is 4.60. The highest BCUT2D eigenvalue weighted by molar-refractivity contribution is 7.95. The summed E-state index contributed by atoms with van der Waals surface area (Å²) >= 11 is 0. The molecular formula is C22H22F2N6O3S. The second-order valence-electron chi connectivity index (χ2n) is 7.20. The molecule has 4 rings (SSSR count). The molecule has 1 saturated heterocycles. The summed E-state index contributed by atoms with van der Waals surface area (Å²) in [5.74, 6) is -0.857. The number of carbonyl (C=O) groups excluding carboxylic acids is 1. The van der Waals surface area contributed by atoms with Crippen molar-refractivity contribution in [3.8, 4) is 11.8 Å². The van der Waals surface area contributed by atoms with Crippen LogP contribution in [-0.4, -0.2) is 38.2 Å². The lowest BCUT2D eigenvalue weighted by Crippen LogP contribution is -2.22. The van der Waals surface area contributed by atoms with Crippen molar-refractivity contribution >= 4 is 43.7 Å². The SMILES string of the molecule is CCC#N.NC(=O)COc1cc(F)ccc1Nc1ncnc2cc(N=S3(=O)CCC3)cc(F)c12. The molecular weight excluding hydrogens is 466 g/mol. The fourth-order valence-corrected chi connectivity index (χ4v) is 4.40. The molecule has 1 amide bonds. The number of aromatic nitrogens is 2. The smallest absolute Gasteiger partial charge is 0.255 e. The molecule has 0 radical (unpaired) electrons. The molecule has 0 bridgehead atoms. The monoisotopic (exact) mass is 488 g/mol. The van der Waals surface area contributed by atoms with E-state index in [2.05, 4.69) is 19.6 Å². The number of primary amides is 1. The molecule has 178 valence electrons. The number of halogens is 2. The average Bonchev–Trinajstić information content (AvgIpc) is 2.78. The highest BCUT2D eigenvalue weighted by Crippen LogP contribution is 2.34. The zero-order valence-corrected chi connectivity index (χ0v) is 19.1. The summed E-state index contributed by atoms with van der Waals surface area (Å²) in [6, 6.07) is 8.24. The van der Waals surface area contributed by atoms with E-state index in [1.807, 2.05) is 13.0 Å². The van der Waals surface area contributed by atoms with Gasteiger partial charge in [-0.25, -0.2) is 23.0 Å². The zero-order chi connectivity index (χ0) is 24.7. The van der Waals surface area contributed by atoms with Gasteiger partial charge >= 0.3 is 0 Å². The van der Waals surface area contributed by atoms with Gasteiger partial charge in [-0.2, -0.15) is 9.62 Å². The summed E-state index contributed by atoms with van der Waals surface area (Å²) < 4.78 is 50.2. The lowest BCUT2D eigenvalue weighted by molar-refractivity contribution is -0.119. The predicted octanol–water partition coefficient (Wildman–Crippen LogP) is 3.94. The third kappa shape index (κ3) is 6.14. The molecule has 1 aromatic heterocycles. The minimum Gasteiger partial charge on any atom is -0.481 e. The maximum atomic E-state index is 14.9. The van der Waals surface area contributed by atoms with Crippen LogP contribution >= 0.6 is 0 Å². The number of fused-ring (bicyclic) bond motifs is 1. The first-order valence-corrected chi connectivity index (χ1v) is 12.1. The van der Waals surface area contributed by atoms with Crippen LogP contribution in [0, 0.1) is 23.0 Å². The van der Waals surface area contributed by atoms with Gasteiger partial charge in [-0.3, -0.25) is 4.79 Å². The van der Waals surface area contributed by atoms with Crippen LogP contribution in [0.4, 0.5) is 26.0 Å². The summed E-state index contributed by atoms with van der Waals surface area (Å²) in [7, 11) is -2.30. The van der Waals surface area contributed by atoms with Crippen LogP contribution in [0.5, 0.6) is 5.75 Å². The number of nitrogens with two attached hydrogens (primary N) is 1. The largest absolute Gasteiger partial charge is 0.481 e. The number of carbonyl (C=O) groups is 1. The minimum absolute atomic E-state index is 0.00877. The van der Waals surface area contributed by atoms with Crippen LogP contribution in [-0.2, 0) is 14.5 Å². The Morgan fingerprint density at radius 3 is 2.65 bits per heavy atom. The number of hydrogen-bond acceptors (Lipinski definition) is 8. The first kappa shape index (κ1) is 24.8. The van der Waals surface area contributed by atoms with E-state index in [0.29, 0.717) is 17.9 Å². The molecule has 34 heavy (non-hydrogen) atoms. The van der Waals surface area contributed by atoms with Crippen molar-refractivity contribution in [2.45, 2.75) is 19.8 Å². The molecule has 0 saturated carbocycles. The Morgan fingerprint density at radius 2 is 2.03 bits per heavy atom. The summed E-state index contributed by atoms with van der Waals surface area (Å²) in [6.07, 6.45) is 2.69. The quantitative estimate of drug-likeness (QED) is 0.535. The fraction of sp³-hybridized carbons (Fsp3) is 0.273. The van der Waals surface area contributed by atoms with Crippen molar-refractivity contribution in [1.29, 1.82) is 5.26 Å². The second kappa shape index (κ2) is 10.8. The molecule has 2 heterocycles. The van der Waals surface area contributed by atoms with Crippen molar-refractivity contribution in [3.63, 3.8) is 0 Å². The van der Waals surface area contributed by atoms with Gasteiger partial charge in [-0.15, -0.1) is 0 Å². The number of rotatable bonds is 6. The number of nitriles is 1. The maximum Gasteiger partial charge on any atom is 0.255 e. The first-order chi connectivity index (χ1) is 16.2. The first-order valence-electron chi connectivity index (χ1n) is 10.3. The van der Waals surface area contributed by atoms with Gasteiger partial charge in [0.25, 0.3) is 5.91 Å². The molecule has 3 N–H and O–H groups in total. The van der Waals surface area contributed by atoms with E-state index >= 15 is 0 Å². The lowest BCUT2D eigenvalue weighted by atomic mass is 10.2. The Hall–Kier alpha value is -3.85. The summed E-state index contributed by atoms with van der Waals surface area (Å²) in [4.78, 5) is 19.1. The highest BCUT2D eigenvalue weighted by Gasteiger charge is 2.20. The van der Waals surface area contributed by atoms with Crippen LogP contribution in [0.15, 0.2) is 41.0 Å². The molecule has 3 aromatic rings. The van der Waals surface area contributed by atoms with Crippen LogP contribution in [0.2, 0.25) is 0 Å². The molecule has 0 unspecified atom stereocenters. The Bertz CT molecular complexity index is 1370. The zero-order valence-electron chi connectivity index (χ0n) is 18.3. The Balaban J connectivity index is 0.000000751. The normalized spacial score (nSPS) is 13.6. The van der Waals surface area contributed by atoms with Gasteiger partial charge in [-0.1, -0.05) is 6.92 Å². The summed E-state index contributed by atoms with van der Waals surface area (Å²) in [5, 5.41) is 10.6. The number of hydrogen-bond donors (Lipinski definition) is 2. The van der Waals surface area contributed by atoms with Gasteiger partial charge in [-0.05, 0) is 24.6 Å². The molecule has 1 aliphatic rings. The van der Waals surface area contributed by atoms with E-state index in [1.54, 1.807) is 0 Å².